The predicted molar refractivity (Wildman–Crippen MR) is 319 cm³/mol. The summed E-state index contributed by atoms with van der Waals surface area (Å²) in [7, 11) is 0. The fourth-order valence-corrected chi connectivity index (χ4v) is 12.9. The van der Waals surface area contributed by atoms with Crippen LogP contribution in [-0.4, -0.2) is 6.71 Å². The fourth-order valence-electron chi connectivity index (χ4n) is 12.9. The molecule has 2 aliphatic heterocycles. The van der Waals surface area contributed by atoms with Crippen LogP contribution in [0.15, 0.2) is 200 Å². The van der Waals surface area contributed by atoms with E-state index in [0.717, 1.165) is 29.2 Å². The molecule has 0 saturated carbocycles. The minimum atomic E-state index is -0.0945. The summed E-state index contributed by atoms with van der Waals surface area (Å²) < 4.78 is 0. The first-order valence-corrected chi connectivity index (χ1v) is 26.8. The van der Waals surface area contributed by atoms with E-state index in [1.165, 1.54) is 94.9 Å². The standard InChI is InChI=1S/C70H68BN3/c1-46-32-33-49(47-24-16-12-17-25-47)38-61(46)74-63-44-57-56(69(8,9)45-70(57,10)11)43-59(63)71-58-36-34-51(68(5,6)7)40-62(58)73(60-37-35-50(67(2,3)4)39-55(60)48-26-18-13-19-27-48)64-41-54(42-65(74)66(64)71)72(52-28-20-14-21-29-52)53-30-22-15-23-31-53/h12-44H,45H2,1-11H3. The summed E-state index contributed by atoms with van der Waals surface area (Å²) >= 11 is 0. The van der Waals surface area contributed by atoms with E-state index in [-0.39, 0.29) is 28.4 Å². The second-order valence-electron chi connectivity index (χ2n) is 24.6. The lowest BCUT2D eigenvalue weighted by Crippen LogP contribution is -2.61. The van der Waals surface area contributed by atoms with Crippen molar-refractivity contribution in [2.24, 2.45) is 0 Å². The van der Waals surface area contributed by atoms with Crippen molar-refractivity contribution in [1.29, 1.82) is 0 Å². The maximum Gasteiger partial charge on any atom is 0.252 e. The third-order valence-electron chi connectivity index (χ3n) is 16.4. The van der Waals surface area contributed by atoms with Crippen LogP contribution in [0.25, 0.3) is 22.3 Å². The Balaban J connectivity index is 1.27. The molecule has 0 aromatic heterocycles. The Hall–Kier alpha value is -7.56. The first-order valence-electron chi connectivity index (χ1n) is 26.8. The topological polar surface area (TPSA) is 9.72 Å². The number of benzene rings is 9. The average molecular weight is 962 g/mol. The molecular formula is C70H68BN3. The molecule has 0 saturated heterocycles. The minimum Gasteiger partial charge on any atom is -0.311 e. The number of rotatable bonds is 7. The maximum atomic E-state index is 2.67. The zero-order chi connectivity index (χ0) is 51.5. The summed E-state index contributed by atoms with van der Waals surface area (Å²) in [5.74, 6) is 0. The third-order valence-corrected chi connectivity index (χ3v) is 16.4. The van der Waals surface area contributed by atoms with Gasteiger partial charge in [0.2, 0.25) is 0 Å². The van der Waals surface area contributed by atoms with Crippen LogP contribution in [0.2, 0.25) is 0 Å². The molecule has 3 nitrogen and oxygen atoms in total. The van der Waals surface area contributed by atoms with Gasteiger partial charge in [0.15, 0.2) is 0 Å². The highest BCUT2D eigenvalue weighted by Crippen LogP contribution is 2.55. The van der Waals surface area contributed by atoms with E-state index >= 15 is 0 Å². The van der Waals surface area contributed by atoms with Gasteiger partial charge >= 0.3 is 0 Å². The number of hydrogen-bond donors (Lipinski definition) is 0. The second kappa shape index (κ2) is 17.3. The fraction of sp³-hybridized carbons (Fsp3) is 0.229. The molecular weight excluding hydrogens is 894 g/mol. The lowest BCUT2D eigenvalue weighted by molar-refractivity contribution is 0.403. The van der Waals surface area contributed by atoms with E-state index < -0.39 is 0 Å². The molecule has 9 aromatic carbocycles. The quantitative estimate of drug-likeness (QED) is 0.147. The van der Waals surface area contributed by atoms with Crippen LogP contribution in [0.4, 0.5) is 51.2 Å². The van der Waals surface area contributed by atoms with Gasteiger partial charge in [0.05, 0.1) is 11.4 Å². The van der Waals surface area contributed by atoms with Gasteiger partial charge in [-0.3, -0.25) is 0 Å². The highest BCUT2D eigenvalue weighted by molar-refractivity contribution is 7.00. The van der Waals surface area contributed by atoms with Gasteiger partial charge in [-0.05, 0) is 163 Å². The molecule has 0 amide bonds. The Morgan fingerprint density at radius 2 is 0.905 bits per heavy atom. The zero-order valence-corrected chi connectivity index (χ0v) is 45.2. The van der Waals surface area contributed by atoms with E-state index in [4.69, 9.17) is 0 Å². The number of hydrogen-bond acceptors (Lipinski definition) is 3. The molecule has 0 unspecified atom stereocenters. The number of aryl methyl sites for hydroxylation is 1. The molecule has 12 rings (SSSR count). The Bertz CT molecular complexity index is 3580. The molecule has 0 radical (unpaired) electrons. The van der Waals surface area contributed by atoms with Gasteiger partial charge in [-0.15, -0.1) is 0 Å². The summed E-state index contributed by atoms with van der Waals surface area (Å²) in [6.45, 7) is 26.1. The highest BCUT2D eigenvalue weighted by atomic mass is 15.2. The van der Waals surface area contributed by atoms with E-state index in [1.807, 2.05) is 0 Å². The first-order chi connectivity index (χ1) is 35.4. The molecule has 74 heavy (non-hydrogen) atoms. The van der Waals surface area contributed by atoms with Crippen LogP contribution in [0, 0.1) is 6.92 Å². The van der Waals surface area contributed by atoms with Crippen molar-refractivity contribution in [2.75, 3.05) is 14.7 Å². The SMILES string of the molecule is Cc1ccc(-c2ccccc2)cc1N1c2cc3c(cc2B2c4ccc(C(C)(C)C)cc4N(c4ccc(C(C)(C)C)cc4-c4ccccc4)c4cc(N(c5ccccc5)c5ccccc5)cc1c42)C(C)(C)CC3(C)C. The predicted octanol–water partition coefficient (Wildman–Crippen LogP) is 17.4. The van der Waals surface area contributed by atoms with Crippen molar-refractivity contribution in [3.63, 3.8) is 0 Å². The van der Waals surface area contributed by atoms with Gasteiger partial charge < -0.3 is 14.7 Å². The Morgan fingerprint density at radius 1 is 0.405 bits per heavy atom. The van der Waals surface area contributed by atoms with Gasteiger partial charge in [-0.25, -0.2) is 0 Å². The van der Waals surface area contributed by atoms with Crippen molar-refractivity contribution in [3.8, 4) is 22.3 Å². The van der Waals surface area contributed by atoms with Crippen LogP contribution in [0.3, 0.4) is 0 Å². The summed E-state index contributed by atoms with van der Waals surface area (Å²) in [6, 6.07) is 75.9. The summed E-state index contributed by atoms with van der Waals surface area (Å²) in [5, 5.41) is 0. The first kappa shape index (κ1) is 47.4. The Labute approximate surface area is 441 Å². The molecule has 4 heteroatoms. The van der Waals surface area contributed by atoms with Gasteiger partial charge in [0.1, 0.15) is 0 Å². The zero-order valence-electron chi connectivity index (χ0n) is 45.2. The number of para-hydroxylation sites is 2. The number of fused-ring (bicyclic) bond motifs is 5. The van der Waals surface area contributed by atoms with Crippen molar-refractivity contribution in [1.82, 2.24) is 0 Å². The molecule has 0 spiro atoms. The number of nitrogens with zero attached hydrogens (tertiary/aromatic N) is 3. The lowest BCUT2D eigenvalue weighted by atomic mass is 9.33. The van der Waals surface area contributed by atoms with Gasteiger partial charge in [-0.1, -0.05) is 203 Å². The largest absolute Gasteiger partial charge is 0.311 e. The lowest BCUT2D eigenvalue weighted by Gasteiger charge is -2.46. The van der Waals surface area contributed by atoms with Crippen LogP contribution < -0.4 is 31.1 Å². The Morgan fingerprint density at radius 3 is 1.49 bits per heavy atom. The van der Waals surface area contributed by atoms with Crippen molar-refractivity contribution in [2.45, 2.75) is 104 Å². The number of anilines is 9. The molecule has 3 aliphatic rings. The van der Waals surface area contributed by atoms with E-state index in [1.54, 1.807) is 0 Å². The van der Waals surface area contributed by atoms with Crippen molar-refractivity contribution in [3.05, 3.63) is 228 Å². The van der Waals surface area contributed by atoms with Crippen LogP contribution in [0.1, 0.15) is 103 Å². The van der Waals surface area contributed by atoms with E-state index in [2.05, 4.69) is 291 Å². The average Bonchev–Trinajstić information content (AvgIpc) is 3.60. The maximum absolute atomic E-state index is 2.67. The smallest absolute Gasteiger partial charge is 0.252 e. The van der Waals surface area contributed by atoms with E-state index in [0.29, 0.717) is 0 Å². The van der Waals surface area contributed by atoms with Gasteiger partial charge in [0.25, 0.3) is 6.71 Å². The molecule has 1 aliphatic carbocycles. The van der Waals surface area contributed by atoms with Crippen molar-refractivity contribution < 1.29 is 0 Å². The van der Waals surface area contributed by atoms with Crippen molar-refractivity contribution >= 4 is 74.3 Å². The van der Waals surface area contributed by atoms with Crippen LogP contribution in [-0.2, 0) is 21.7 Å². The summed E-state index contributed by atoms with van der Waals surface area (Å²) in [5.41, 5.74) is 25.9. The van der Waals surface area contributed by atoms with Crippen LogP contribution in [0.5, 0.6) is 0 Å². The molecule has 0 bridgehead atoms. The van der Waals surface area contributed by atoms with Crippen LogP contribution >= 0.6 is 0 Å². The molecule has 0 fully saturated rings. The summed E-state index contributed by atoms with van der Waals surface area (Å²) in [4.78, 5) is 7.78. The molecule has 9 aromatic rings. The normalized spacial score (nSPS) is 15.0. The molecule has 2 heterocycles. The molecule has 0 N–H and O–H groups in total. The van der Waals surface area contributed by atoms with Gasteiger partial charge in [-0.2, -0.15) is 0 Å². The monoisotopic (exact) mass is 962 g/mol. The minimum absolute atomic E-state index is 0.000319. The molecule has 366 valence electrons. The highest BCUT2D eigenvalue weighted by Gasteiger charge is 2.49. The second-order valence-corrected chi connectivity index (χ2v) is 24.6. The molecule has 0 atom stereocenters. The summed E-state index contributed by atoms with van der Waals surface area (Å²) in [6.07, 6.45) is 1.09. The van der Waals surface area contributed by atoms with E-state index in [9.17, 15) is 0 Å². The Kier molecular flexibility index (Phi) is 11.1. The van der Waals surface area contributed by atoms with Gasteiger partial charge in [0, 0.05) is 45.4 Å². The third kappa shape index (κ3) is 7.88.